The standard InChI is InChI=1S/C19H21NO4S/c1-2-25(22,23)15-8-5-7-14(13-15)19(21)20-17-10-6-12-24-18-11-4-3-9-16(17)18/h3-5,7-9,11,13,17H,2,6,10,12H2,1H3,(H,20,21). The highest BCUT2D eigenvalue weighted by molar-refractivity contribution is 7.91. The van der Waals surface area contributed by atoms with Gasteiger partial charge in [0.2, 0.25) is 0 Å². The first-order valence-corrected chi connectivity index (χ1v) is 10.0. The van der Waals surface area contributed by atoms with Crippen LogP contribution in [0.3, 0.4) is 0 Å². The molecule has 1 unspecified atom stereocenters. The summed E-state index contributed by atoms with van der Waals surface area (Å²) in [6.45, 7) is 2.21. The minimum absolute atomic E-state index is 0.00537. The van der Waals surface area contributed by atoms with Gasteiger partial charge in [0, 0.05) is 11.1 Å². The zero-order chi connectivity index (χ0) is 17.9. The summed E-state index contributed by atoms with van der Waals surface area (Å²) in [6, 6.07) is 13.7. The van der Waals surface area contributed by atoms with Gasteiger partial charge in [-0.15, -0.1) is 0 Å². The third-order valence-electron chi connectivity index (χ3n) is 4.33. The Morgan fingerprint density at radius 2 is 2.00 bits per heavy atom. The normalized spacial score (nSPS) is 17.1. The van der Waals surface area contributed by atoms with E-state index >= 15 is 0 Å². The smallest absolute Gasteiger partial charge is 0.251 e. The van der Waals surface area contributed by atoms with Crippen LogP contribution in [-0.4, -0.2) is 26.7 Å². The number of carbonyl (C=O) groups is 1. The van der Waals surface area contributed by atoms with Crippen LogP contribution in [0.25, 0.3) is 0 Å². The number of fused-ring (bicyclic) bond motifs is 1. The van der Waals surface area contributed by atoms with Gasteiger partial charge in [-0.1, -0.05) is 31.2 Å². The first-order valence-electron chi connectivity index (χ1n) is 8.36. The molecule has 0 saturated carbocycles. The molecule has 0 bridgehead atoms. The average Bonchev–Trinajstić information content (AvgIpc) is 2.84. The summed E-state index contributed by atoms with van der Waals surface area (Å²) >= 11 is 0. The second-order valence-electron chi connectivity index (χ2n) is 5.99. The summed E-state index contributed by atoms with van der Waals surface area (Å²) in [5.41, 5.74) is 1.29. The van der Waals surface area contributed by atoms with E-state index in [0.29, 0.717) is 12.2 Å². The third-order valence-corrected chi connectivity index (χ3v) is 6.06. The molecule has 5 nitrogen and oxygen atoms in total. The van der Waals surface area contributed by atoms with Crippen molar-refractivity contribution >= 4 is 15.7 Å². The van der Waals surface area contributed by atoms with E-state index in [9.17, 15) is 13.2 Å². The lowest BCUT2D eigenvalue weighted by atomic mass is 10.0. The molecule has 1 heterocycles. The van der Waals surface area contributed by atoms with Gasteiger partial charge in [0.15, 0.2) is 9.84 Å². The van der Waals surface area contributed by atoms with Gasteiger partial charge in [0.05, 0.1) is 23.3 Å². The van der Waals surface area contributed by atoms with E-state index in [1.165, 1.54) is 12.1 Å². The van der Waals surface area contributed by atoms with Crippen LogP contribution in [0.1, 0.15) is 41.7 Å². The molecule has 0 fully saturated rings. The van der Waals surface area contributed by atoms with E-state index in [0.717, 1.165) is 24.2 Å². The van der Waals surface area contributed by atoms with Crippen molar-refractivity contribution in [2.75, 3.05) is 12.4 Å². The van der Waals surface area contributed by atoms with E-state index in [4.69, 9.17) is 4.74 Å². The highest BCUT2D eigenvalue weighted by atomic mass is 32.2. The number of sulfone groups is 1. The van der Waals surface area contributed by atoms with Crippen LogP contribution < -0.4 is 10.1 Å². The van der Waals surface area contributed by atoms with Crippen molar-refractivity contribution < 1.29 is 17.9 Å². The molecule has 1 N–H and O–H groups in total. The minimum atomic E-state index is -3.34. The minimum Gasteiger partial charge on any atom is -0.493 e. The Kier molecular flexibility index (Phi) is 5.08. The van der Waals surface area contributed by atoms with Crippen molar-refractivity contribution in [1.82, 2.24) is 5.32 Å². The fourth-order valence-electron chi connectivity index (χ4n) is 2.91. The van der Waals surface area contributed by atoms with Gasteiger partial charge < -0.3 is 10.1 Å². The second-order valence-corrected chi connectivity index (χ2v) is 8.26. The lowest BCUT2D eigenvalue weighted by molar-refractivity contribution is 0.0934. The maximum atomic E-state index is 12.7. The molecule has 1 aliphatic rings. The summed E-state index contributed by atoms with van der Waals surface area (Å²) < 4.78 is 29.8. The number of amides is 1. The number of hydrogen-bond donors (Lipinski definition) is 1. The summed E-state index contributed by atoms with van der Waals surface area (Å²) in [5.74, 6) is 0.508. The summed E-state index contributed by atoms with van der Waals surface area (Å²) in [6.07, 6.45) is 1.61. The molecule has 0 saturated heterocycles. The number of benzene rings is 2. The molecule has 132 valence electrons. The van der Waals surface area contributed by atoms with Gasteiger partial charge in [-0.05, 0) is 37.1 Å². The first-order chi connectivity index (χ1) is 12.0. The lowest BCUT2D eigenvalue weighted by Crippen LogP contribution is -2.28. The van der Waals surface area contributed by atoms with Gasteiger partial charge in [0.1, 0.15) is 5.75 Å². The number of rotatable bonds is 4. The van der Waals surface area contributed by atoms with Gasteiger partial charge in [-0.3, -0.25) is 4.79 Å². The average molecular weight is 359 g/mol. The molecule has 1 aliphatic heterocycles. The number of nitrogens with one attached hydrogen (secondary N) is 1. The molecule has 2 aromatic rings. The number of hydrogen-bond acceptors (Lipinski definition) is 4. The van der Waals surface area contributed by atoms with Gasteiger partial charge in [0.25, 0.3) is 5.91 Å². The van der Waals surface area contributed by atoms with Crippen LogP contribution in [0.15, 0.2) is 53.4 Å². The molecule has 25 heavy (non-hydrogen) atoms. The van der Waals surface area contributed by atoms with E-state index in [1.54, 1.807) is 19.1 Å². The fourth-order valence-corrected chi connectivity index (χ4v) is 3.84. The molecule has 0 radical (unpaired) electrons. The van der Waals surface area contributed by atoms with Crippen LogP contribution in [0.2, 0.25) is 0 Å². The Hall–Kier alpha value is -2.34. The van der Waals surface area contributed by atoms with E-state index in [2.05, 4.69) is 5.32 Å². The predicted octanol–water partition coefficient (Wildman–Crippen LogP) is 3.12. The van der Waals surface area contributed by atoms with E-state index in [1.807, 2.05) is 24.3 Å². The van der Waals surface area contributed by atoms with Crippen molar-refractivity contribution in [2.45, 2.75) is 30.7 Å². The Morgan fingerprint density at radius 3 is 2.80 bits per heavy atom. The SMILES string of the molecule is CCS(=O)(=O)c1cccc(C(=O)NC2CCCOc3ccccc32)c1. The molecule has 0 aliphatic carbocycles. The Bertz CT molecular complexity index is 876. The topological polar surface area (TPSA) is 72.5 Å². The van der Waals surface area contributed by atoms with Crippen molar-refractivity contribution in [3.63, 3.8) is 0 Å². The van der Waals surface area contributed by atoms with Gasteiger partial charge >= 0.3 is 0 Å². The second kappa shape index (κ2) is 7.27. The van der Waals surface area contributed by atoms with Crippen molar-refractivity contribution in [2.24, 2.45) is 0 Å². The Balaban J connectivity index is 1.85. The number of para-hydroxylation sites is 1. The molecule has 1 amide bonds. The third kappa shape index (κ3) is 3.85. The van der Waals surface area contributed by atoms with Crippen LogP contribution >= 0.6 is 0 Å². The zero-order valence-electron chi connectivity index (χ0n) is 14.1. The molecule has 2 aromatic carbocycles. The van der Waals surface area contributed by atoms with Crippen molar-refractivity contribution in [3.8, 4) is 5.75 Å². The quantitative estimate of drug-likeness (QED) is 0.910. The molecular formula is C19H21NO4S. The summed E-state index contributed by atoms with van der Waals surface area (Å²) in [4.78, 5) is 12.8. The van der Waals surface area contributed by atoms with E-state index in [-0.39, 0.29) is 22.6 Å². The Morgan fingerprint density at radius 1 is 1.20 bits per heavy atom. The first kappa shape index (κ1) is 17.5. The zero-order valence-corrected chi connectivity index (χ0v) is 14.9. The molecule has 1 atom stereocenters. The van der Waals surface area contributed by atoms with Crippen LogP contribution in [-0.2, 0) is 9.84 Å². The molecule has 0 aromatic heterocycles. The molecule has 3 rings (SSSR count). The van der Waals surface area contributed by atoms with Crippen LogP contribution in [0.5, 0.6) is 5.75 Å². The van der Waals surface area contributed by atoms with E-state index < -0.39 is 9.84 Å². The predicted molar refractivity (Wildman–Crippen MR) is 95.5 cm³/mol. The maximum Gasteiger partial charge on any atom is 0.251 e. The summed E-state index contributed by atoms with van der Waals surface area (Å²) in [7, 11) is -3.34. The monoisotopic (exact) mass is 359 g/mol. The maximum absolute atomic E-state index is 12.7. The van der Waals surface area contributed by atoms with Gasteiger partial charge in [-0.2, -0.15) is 0 Å². The fraction of sp³-hybridized carbons (Fsp3) is 0.316. The largest absolute Gasteiger partial charge is 0.493 e. The van der Waals surface area contributed by atoms with Crippen LogP contribution in [0, 0.1) is 0 Å². The lowest BCUT2D eigenvalue weighted by Gasteiger charge is -2.18. The number of ether oxygens (including phenoxy) is 1. The summed E-state index contributed by atoms with van der Waals surface area (Å²) in [5, 5.41) is 3.01. The highest BCUT2D eigenvalue weighted by Gasteiger charge is 2.22. The molecule has 0 spiro atoms. The molecule has 6 heteroatoms. The van der Waals surface area contributed by atoms with Gasteiger partial charge in [-0.25, -0.2) is 8.42 Å². The highest BCUT2D eigenvalue weighted by Crippen LogP contribution is 2.31. The van der Waals surface area contributed by atoms with Crippen LogP contribution in [0.4, 0.5) is 0 Å². The molecular weight excluding hydrogens is 338 g/mol. The van der Waals surface area contributed by atoms with Crippen molar-refractivity contribution in [3.05, 3.63) is 59.7 Å². The van der Waals surface area contributed by atoms with Crippen molar-refractivity contribution in [1.29, 1.82) is 0 Å². The Labute approximate surface area is 147 Å². The number of carbonyl (C=O) groups excluding carboxylic acids is 1.